The fourth-order valence-corrected chi connectivity index (χ4v) is 3.74. The van der Waals surface area contributed by atoms with E-state index in [-0.39, 0.29) is 0 Å². The highest BCUT2D eigenvalue weighted by Crippen LogP contribution is 2.33. The van der Waals surface area contributed by atoms with E-state index in [0.29, 0.717) is 17.9 Å². The number of pyridine rings is 1. The number of nitrogens with zero attached hydrogens (tertiary/aromatic N) is 2. The summed E-state index contributed by atoms with van der Waals surface area (Å²) >= 11 is 0. The Morgan fingerprint density at radius 2 is 1.81 bits per heavy atom. The molecule has 0 bridgehead atoms. The largest absolute Gasteiger partial charge is 0.377 e. The molecule has 2 unspecified atom stereocenters. The van der Waals surface area contributed by atoms with Gasteiger partial charge in [0.1, 0.15) is 0 Å². The summed E-state index contributed by atoms with van der Waals surface area (Å²) in [6.07, 6.45) is 13.0. The molecule has 0 aliphatic carbocycles. The number of aryl methyl sites for hydroxylation is 1. The topological polar surface area (TPSA) is 16.1 Å². The van der Waals surface area contributed by atoms with Gasteiger partial charge in [-0.05, 0) is 61.4 Å². The smallest absolute Gasteiger partial charge is 0.0347 e. The molecule has 0 radical (unpaired) electrons. The highest BCUT2D eigenvalue weighted by atomic mass is 15.1. The summed E-state index contributed by atoms with van der Waals surface area (Å²) < 4.78 is 0. The van der Waals surface area contributed by atoms with E-state index in [1.54, 1.807) is 6.08 Å². The van der Waals surface area contributed by atoms with E-state index in [1.807, 2.05) is 18.5 Å². The van der Waals surface area contributed by atoms with Crippen molar-refractivity contribution in [2.24, 2.45) is 5.92 Å². The van der Waals surface area contributed by atoms with Gasteiger partial charge in [0, 0.05) is 48.7 Å². The van der Waals surface area contributed by atoms with Crippen LogP contribution >= 0.6 is 0 Å². The summed E-state index contributed by atoms with van der Waals surface area (Å²) in [5.74, 6) is 0.886. The van der Waals surface area contributed by atoms with Crippen molar-refractivity contribution in [1.29, 1.82) is 0 Å². The van der Waals surface area contributed by atoms with Crippen LogP contribution in [0.1, 0.15) is 63.6 Å². The minimum atomic E-state index is 0.355. The van der Waals surface area contributed by atoms with Crippen molar-refractivity contribution in [3.63, 3.8) is 0 Å². The molecule has 2 atom stereocenters. The third-order valence-electron chi connectivity index (χ3n) is 6.51. The Labute approximate surface area is 196 Å². The summed E-state index contributed by atoms with van der Waals surface area (Å²) in [4.78, 5) is 6.77. The van der Waals surface area contributed by atoms with Crippen LogP contribution < -0.4 is 0 Å². The molecule has 0 aliphatic rings. The van der Waals surface area contributed by atoms with Crippen LogP contribution in [0.15, 0.2) is 79.8 Å². The molecule has 170 valence electrons. The molecule has 0 spiro atoms. The Hall–Kier alpha value is -2.87. The van der Waals surface area contributed by atoms with Gasteiger partial charge < -0.3 is 4.90 Å². The van der Waals surface area contributed by atoms with Crippen LogP contribution in [-0.4, -0.2) is 23.0 Å². The molecular weight excluding hydrogens is 388 g/mol. The molecule has 2 aromatic rings. The quantitative estimate of drug-likeness (QED) is 0.280. The summed E-state index contributed by atoms with van der Waals surface area (Å²) in [7, 11) is 2.10. The SMILES string of the molecule is C=C/C=C\C(=C/N(C)C(C)C)c1cncc(-c2ccc(C(C)C(=C)C(C)CC)c(C)c2)c1. The first-order valence-corrected chi connectivity index (χ1v) is 11.7. The predicted molar refractivity (Wildman–Crippen MR) is 142 cm³/mol. The van der Waals surface area contributed by atoms with Crippen LogP contribution in [0.25, 0.3) is 16.7 Å². The third kappa shape index (κ3) is 6.32. The summed E-state index contributed by atoms with van der Waals surface area (Å²) in [5.41, 5.74) is 8.48. The molecule has 2 rings (SSSR count). The lowest BCUT2D eigenvalue weighted by atomic mass is 9.83. The highest BCUT2D eigenvalue weighted by Gasteiger charge is 2.16. The van der Waals surface area contributed by atoms with Gasteiger partial charge in [-0.2, -0.15) is 0 Å². The first kappa shape index (κ1) is 25.4. The number of benzene rings is 1. The molecule has 1 heterocycles. The zero-order valence-corrected chi connectivity index (χ0v) is 21.0. The van der Waals surface area contributed by atoms with Crippen LogP contribution in [0.2, 0.25) is 0 Å². The van der Waals surface area contributed by atoms with Crippen LogP contribution in [0.4, 0.5) is 0 Å². The number of allylic oxidation sites excluding steroid dienone is 5. The molecule has 2 heteroatoms. The first-order chi connectivity index (χ1) is 15.2. The molecule has 1 aromatic heterocycles. The summed E-state index contributed by atoms with van der Waals surface area (Å²) in [6.45, 7) is 21.5. The Morgan fingerprint density at radius 3 is 2.41 bits per heavy atom. The maximum atomic E-state index is 4.56. The van der Waals surface area contributed by atoms with E-state index in [0.717, 1.165) is 23.1 Å². The van der Waals surface area contributed by atoms with Gasteiger partial charge >= 0.3 is 0 Å². The minimum absolute atomic E-state index is 0.355. The van der Waals surface area contributed by atoms with Crippen molar-refractivity contribution in [3.05, 3.63) is 96.5 Å². The molecule has 1 aromatic carbocycles. The molecule has 2 nitrogen and oxygen atoms in total. The average Bonchev–Trinajstić information content (AvgIpc) is 2.79. The van der Waals surface area contributed by atoms with E-state index in [9.17, 15) is 0 Å². The number of rotatable bonds is 10. The van der Waals surface area contributed by atoms with Gasteiger partial charge in [-0.1, -0.05) is 75.9 Å². The maximum Gasteiger partial charge on any atom is 0.0347 e. The van der Waals surface area contributed by atoms with Crippen molar-refractivity contribution in [1.82, 2.24) is 9.88 Å². The molecule has 0 fully saturated rings. The maximum absolute atomic E-state index is 4.56. The second-order valence-corrected chi connectivity index (χ2v) is 9.08. The van der Waals surface area contributed by atoms with Crippen molar-refractivity contribution in [3.8, 4) is 11.1 Å². The third-order valence-corrected chi connectivity index (χ3v) is 6.51. The van der Waals surface area contributed by atoms with Gasteiger partial charge in [-0.25, -0.2) is 0 Å². The van der Waals surface area contributed by atoms with Crippen molar-refractivity contribution < 1.29 is 0 Å². The molecule has 0 amide bonds. The standard InChI is InChI=1S/C30H40N2/c1-10-12-13-27(20-32(9)21(3)4)29-17-28(18-31-19-29)26-14-15-30(23(6)16-26)25(8)24(7)22(5)11-2/h10,12-22,25H,1,7,11H2,2-6,8-9H3/b13-12-,27-20+. The van der Waals surface area contributed by atoms with E-state index in [1.165, 1.54) is 22.3 Å². The number of aromatic nitrogens is 1. The monoisotopic (exact) mass is 428 g/mol. The second-order valence-electron chi connectivity index (χ2n) is 9.08. The van der Waals surface area contributed by atoms with Gasteiger partial charge in [0.15, 0.2) is 0 Å². The molecule has 0 saturated carbocycles. The Bertz CT molecular complexity index is 994. The van der Waals surface area contributed by atoms with Crippen molar-refractivity contribution in [2.45, 2.75) is 59.9 Å². The lowest BCUT2D eigenvalue weighted by Crippen LogP contribution is -2.20. The molecular formula is C30H40N2. The summed E-state index contributed by atoms with van der Waals surface area (Å²) in [6, 6.07) is 9.39. The van der Waals surface area contributed by atoms with E-state index in [2.05, 4.69) is 108 Å². The van der Waals surface area contributed by atoms with Gasteiger partial charge in [-0.15, -0.1) is 0 Å². The van der Waals surface area contributed by atoms with E-state index < -0.39 is 0 Å². The van der Waals surface area contributed by atoms with Crippen LogP contribution in [0, 0.1) is 12.8 Å². The van der Waals surface area contributed by atoms with Crippen LogP contribution in [0.3, 0.4) is 0 Å². The molecule has 0 aliphatic heterocycles. The van der Waals surface area contributed by atoms with E-state index >= 15 is 0 Å². The molecule has 0 saturated heterocycles. The minimum Gasteiger partial charge on any atom is -0.377 e. The normalized spacial score (nSPS) is 13.9. The Morgan fingerprint density at radius 1 is 1.09 bits per heavy atom. The highest BCUT2D eigenvalue weighted by molar-refractivity contribution is 5.77. The van der Waals surface area contributed by atoms with E-state index in [4.69, 9.17) is 0 Å². The lowest BCUT2D eigenvalue weighted by Gasteiger charge is -2.22. The van der Waals surface area contributed by atoms with Gasteiger partial charge in [-0.3, -0.25) is 4.98 Å². The number of hydrogen-bond acceptors (Lipinski definition) is 2. The van der Waals surface area contributed by atoms with Crippen LogP contribution in [0.5, 0.6) is 0 Å². The van der Waals surface area contributed by atoms with Crippen molar-refractivity contribution in [2.75, 3.05) is 7.05 Å². The summed E-state index contributed by atoms with van der Waals surface area (Å²) in [5, 5.41) is 0. The first-order valence-electron chi connectivity index (χ1n) is 11.7. The fourth-order valence-electron chi connectivity index (χ4n) is 3.74. The lowest BCUT2D eigenvalue weighted by molar-refractivity contribution is 0.377. The van der Waals surface area contributed by atoms with Crippen molar-refractivity contribution >= 4 is 5.57 Å². The second kappa shape index (κ2) is 11.7. The zero-order valence-electron chi connectivity index (χ0n) is 21.0. The molecule has 0 N–H and O–H groups in total. The zero-order chi connectivity index (χ0) is 23.8. The van der Waals surface area contributed by atoms with Crippen LogP contribution in [-0.2, 0) is 0 Å². The fraction of sp³-hybridized carbons (Fsp3) is 0.367. The Kier molecular flexibility index (Phi) is 9.26. The number of hydrogen-bond donors (Lipinski definition) is 0. The van der Waals surface area contributed by atoms with Gasteiger partial charge in [0.25, 0.3) is 0 Å². The average molecular weight is 429 g/mol. The van der Waals surface area contributed by atoms with Gasteiger partial charge in [0.2, 0.25) is 0 Å². The predicted octanol–water partition coefficient (Wildman–Crippen LogP) is 8.19. The Balaban J connectivity index is 2.42. The molecule has 32 heavy (non-hydrogen) atoms. The van der Waals surface area contributed by atoms with Gasteiger partial charge in [0.05, 0.1) is 0 Å².